The van der Waals surface area contributed by atoms with Crippen LogP contribution in [0.15, 0.2) is 24.3 Å². The number of ether oxygens (including phenoxy) is 2. The van der Waals surface area contributed by atoms with Gasteiger partial charge in [-0.25, -0.2) is 0 Å². The molecule has 1 aromatic rings. The number of amides is 1. The summed E-state index contributed by atoms with van der Waals surface area (Å²) in [5.74, 6) is 1.42. The van der Waals surface area contributed by atoms with Crippen molar-refractivity contribution >= 4 is 5.91 Å². The van der Waals surface area contributed by atoms with Gasteiger partial charge in [-0.2, -0.15) is 0 Å². The van der Waals surface area contributed by atoms with Crippen molar-refractivity contribution in [3.63, 3.8) is 0 Å². The third-order valence-corrected chi connectivity index (χ3v) is 4.24. The summed E-state index contributed by atoms with van der Waals surface area (Å²) in [6.07, 6.45) is 1.55. The van der Waals surface area contributed by atoms with Gasteiger partial charge < -0.3 is 20.1 Å². The summed E-state index contributed by atoms with van der Waals surface area (Å²) in [6, 6.07) is 7.69. The second-order valence-corrected chi connectivity index (χ2v) is 5.81. The molecule has 22 heavy (non-hydrogen) atoms. The standard InChI is InChI=1S/C17H26N2O3/c1-13(17(20)19-8-6-14(11-18)7-9-19)22-12-15-4-3-5-16(10-15)21-2/h3-5,10,13-14H,6-9,11-12,18H2,1-2H3/t13-/m1/s1. The minimum absolute atomic E-state index is 0.0679. The number of likely N-dealkylation sites (tertiary alicyclic amines) is 1. The number of hydrogen-bond donors (Lipinski definition) is 1. The second-order valence-electron chi connectivity index (χ2n) is 5.81. The van der Waals surface area contributed by atoms with Crippen molar-refractivity contribution in [2.24, 2.45) is 11.7 Å². The van der Waals surface area contributed by atoms with Gasteiger partial charge in [-0.1, -0.05) is 12.1 Å². The lowest BCUT2D eigenvalue weighted by atomic mass is 9.97. The van der Waals surface area contributed by atoms with Crippen molar-refractivity contribution in [1.82, 2.24) is 4.90 Å². The largest absolute Gasteiger partial charge is 0.497 e. The van der Waals surface area contributed by atoms with E-state index in [9.17, 15) is 4.79 Å². The van der Waals surface area contributed by atoms with Gasteiger partial charge in [-0.3, -0.25) is 4.79 Å². The zero-order valence-electron chi connectivity index (χ0n) is 13.5. The Labute approximate surface area is 132 Å². The number of rotatable bonds is 6. The molecular formula is C17H26N2O3. The van der Waals surface area contributed by atoms with Crippen LogP contribution in [0.3, 0.4) is 0 Å². The lowest BCUT2D eigenvalue weighted by Gasteiger charge is -2.33. The van der Waals surface area contributed by atoms with Crippen molar-refractivity contribution in [1.29, 1.82) is 0 Å². The molecule has 1 aliphatic rings. The van der Waals surface area contributed by atoms with Crippen LogP contribution < -0.4 is 10.5 Å². The van der Waals surface area contributed by atoms with Gasteiger partial charge in [0, 0.05) is 13.1 Å². The van der Waals surface area contributed by atoms with Gasteiger partial charge in [0.1, 0.15) is 11.9 Å². The summed E-state index contributed by atoms with van der Waals surface area (Å²) < 4.78 is 10.9. The smallest absolute Gasteiger partial charge is 0.251 e. The SMILES string of the molecule is COc1cccc(CO[C@H](C)C(=O)N2CCC(CN)CC2)c1. The van der Waals surface area contributed by atoms with E-state index in [0.29, 0.717) is 19.1 Å². The molecule has 2 N–H and O–H groups in total. The molecule has 5 heteroatoms. The first kappa shape index (κ1) is 16.8. The maximum Gasteiger partial charge on any atom is 0.251 e. The first-order valence-electron chi connectivity index (χ1n) is 7.87. The van der Waals surface area contributed by atoms with Gasteiger partial charge in [0.25, 0.3) is 5.91 Å². The van der Waals surface area contributed by atoms with E-state index in [4.69, 9.17) is 15.2 Å². The van der Waals surface area contributed by atoms with Crippen LogP contribution >= 0.6 is 0 Å². The van der Waals surface area contributed by atoms with Crippen LogP contribution in [-0.2, 0) is 16.1 Å². The maximum atomic E-state index is 12.4. The fraction of sp³-hybridized carbons (Fsp3) is 0.588. The lowest BCUT2D eigenvalue weighted by Crippen LogP contribution is -2.44. The van der Waals surface area contributed by atoms with Crippen LogP contribution in [0.4, 0.5) is 0 Å². The van der Waals surface area contributed by atoms with Crippen molar-refractivity contribution in [3.8, 4) is 5.75 Å². The molecule has 0 bridgehead atoms. The summed E-state index contributed by atoms with van der Waals surface area (Å²) in [5.41, 5.74) is 6.68. The Hall–Kier alpha value is -1.59. The van der Waals surface area contributed by atoms with E-state index in [1.165, 1.54) is 0 Å². The number of nitrogens with two attached hydrogens (primary N) is 1. The highest BCUT2D eigenvalue weighted by Crippen LogP contribution is 2.18. The summed E-state index contributed by atoms with van der Waals surface area (Å²) >= 11 is 0. The van der Waals surface area contributed by atoms with E-state index in [1.807, 2.05) is 36.1 Å². The zero-order valence-corrected chi connectivity index (χ0v) is 13.5. The second kappa shape index (κ2) is 8.15. The van der Waals surface area contributed by atoms with E-state index < -0.39 is 6.10 Å². The maximum absolute atomic E-state index is 12.4. The number of carbonyl (C=O) groups excluding carboxylic acids is 1. The average molecular weight is 306 g/mol. The van der Waals surface area contributed by atoms with Crippen molar-refractivity contribution < 1.29 is 14.3 Å². The van der Waals surface area contributed by atoms with E-state index in [2.05, 4.69) is 0 Å². The topological polar surface area (TPSA) is 64.8 Å². The number of carbonyl (C=O) groups is 1. The Morgan fingerprint density at radius 3 is 2.77 bits per heavy atom. The molecule has 1 aromatic carbocycles. The minimum atomic E-state index is -0.430. The molecule has 1 saturated heterocycles. The molecule has 5 nitrogen and oxygen atoms in total. The van der Waals surface area contributed by atoms with Gasteiger partial charge in [0.15, 0.2) is 0 Å². The van der Waals surface area contributed by atoms with E-state index in [0.717, 1.165) is 37.2 Å². The Morgan fingerprint density at radius 1 is 1.41 bits per heavy atom. The minimum Gasteiger partial charge on any atom is -0.497 e. The Balaban J connectivity index is 1.81. The Bertz CT molecular complexity index is 485. The third-order valence-electron chi connectivity index (χ3n) is 4.24. The predicted octanol–water partition coefficient (Wildman–Crippen LogP) is 1.80. The van der Waals surface area contributed by atoms with Crippen molar-refractivity contribution in [2.45, 2.75) is 32.5 Å². The number of nitrogens with zero attached hydrogens (tertiary/aromatic N) is 1. The third kappa shape index (κ3) is 4.45. The quantitative estimate of drug-likeness (QED) is 0.870. The fourth-order valence-electron chi connectivity index (χ4n) is 2.70. The molecular weight excluding hydrogens is 280 g/mol. The molecule has 1 heterocycles. The van der Waals surface area contributed by atoms with Crippen LogP contribution in [0, 0.1) is 5.92 Å². The number of methoxy groups -OCH3 is 1. The molecule has 1 atom stereocenters. The van der Waals surface area contributed by atoms with E-state index >= 15 is 0 Å². The highest BCUT2D eigenvalue weighted by molar-refractivity contribution is 5.80. The van der Waals surface area contributed by atoms with Gasteiger partial charge in [-0.05, 0) is 49.9 Å². The Kier molecular flexibility index (Phi) is 6.21. The molecule has 122 valence electrons. The molecule has 0 spiro atoms. The summed E-state index contributed by atoms with van der Waals surface area (Å²) in [4.78, 5) is 14.3. The molecule has 0 radical (unpaired) electrons. The number of piperidine rings is 1. The van der Waals surface area contributed by atoms with Crippen LogP contribution in [0.2, 0.25) is 0 Å². The van der Waals surface area contributed by atoms with Crippen LogP contribution in [0.1, 0.15) is 25.3 Å². The van der Waals surface area contributed by atoms with E-state index in [1.54, 1.807) is 7.11 Å². The summed E-state index contributed by atoms with van der Waals surface area (Å²) in [6.45, 7) is 4.51. The summed E-state index contributed by atoms with van der Waals surface area (Å²) in [7, 11) is 1.64. The first-order chi connectivity index (χ1) is 10.6. The van der Waals surface area contributed by atoms with Gasteiger partial charge in [0.05, 0.1) is 13.7 Å². The molecule has 0 unspecified atom stereocenters. The summed E-state index contributed by atoms with van der Waals surface area (Å²) in [5, 5.41) is 0. The number of benzene rings is 1. The monoisotopic (exact) mass is 306 g/mol. The highest BCUT2D eigenvalue weighted by Gasteiger charge is 2.25. The Morgan fingerprint density at radius 2 is 2.14 bits per heavy atom. The normalized spacial score (nSPS) is 17.3. The molecule has 0 aliphatic carbocycles. The molecule has 0 saturated carbocycles. The van der Waals surface area contributed by atoms with Gasteiger partial charge in [0.2, 0.25) is 0 Å². The highest BCUT2D eigenvalue weighted by atomic mass is 16.5. The molecule has 1 amide bonds. The van der Waals surface area contributed by atoms with Crippen LogP contribution in [-0.4, -0.2) is 43.7 Å². The van der Waals surface area contributed by atoms with Crippen LogP contribution in [0.25, 0.3) is 0 Å². The lowest BCUT2D eigenvalue weighted by molar-refractivity contribution is -0.144. The van der Waals surface area contributed by atoms with Crippen LogP contribution in [0.5, 0.6) is 5.75 Å². The van der Waals surface area contributed by atoms with Gasteiger partial charge in [-0.15, -0.1) is 0 Å². The number of hydrogen-bond acceptors (Lipinski definition) is 4. The molecule has 0 aromatic heterocycles. The fourth-order valence-corrected chi connectivity index (χ4v) is 2.70. The van der Waals surface area contributed by atoms with E-state index in [-0.39, 0.29) is 5.91 Å². The average Bonchev–Trinajstić information content (AvgIpc) is 2.59. The molecule has 1 fully saturated rings. The zero-order chi connectivity index (χ0) is 15.9. The van der Waals surface area contributed by atoms with Crippen molar-refractivity contribution in [2.75, 3.05) is 26.7 Å². The molecule has 1 aliphatic heterocycles. The molecule has 2 rings (SSSR count). The predicted molar refractivity (Wildman–Crippen MR) is 85.6 cm³/mol. The van der Waals surface area contributed by atoms with Gasteiger partial charge >= 0.3 is 0 Å². The first-order valence-corrected chi connectivity index (χ1v) is 7.87. The van der Waals surface area contributed by atoms with Crippen molar-refractivity contribution in [3.05, 3.63) is 29.8 Å².